The van der Waals surface area contributed by atoms with Gasteiger partial charge in [0.15, 0.2) is 0 Å². The van der Waals surface area contributed by atoms with Crippen LogP contribution in [0.15, 0.2) is 60.7 Å². The monoisotopic (exact) mass is 430 g/mol. The minimum atomic E-state index is -3.95. The Balaban J connectivity index is 0.000000597. The van der Waals surface area contributed by atoms with Crippen LogP contribution in [0.3, 0.4) is 0 Å². The van der Waals surface area contributed by atoms with Gasteiger partial charge in [-0.1, -0.05) is 60.7 Å². The largest absolute Gasteiger partial charge is 0.479 e. The number of Topliss-reactive ketones (excluding diaryl/α,β-unsaturated/α-hetero) is 2. The van der Waals surface area contributed by atoms with Crippen LogP contribution in [0.4, 0.5) is 0 Å². The fraction of sp³-hybridized carbons (Fsp3) is 0.273. The molecule has 2 unspecified atom stereocenters. The van der Waals surface area contributed by atoms with Crippen LogP contribution in [0.2, 0.25) is 0 Å². The van der Waals surface area contributed by atoms with E-state index >= 15 is 0 Å². The number of carbonyl (C=O) groups is 4. The average molecular weight is 430 g/mol. The molecule has 164 valence electrons. The summed E-state index contributed by atoms with van der Waals surface area (Å²) >= 11 is 0. The Kier molecular flexibility index (Phi) is 7.76. The molecule has 0 aliphatic carbocycles. The Labute approximate surface area is 177 Å². The molecule has 3 rings (SSSR count). The summed E-state index contributed by atoms with van der Waals surface area (Å²) in [6.07, 6.45) is 2.56. The number of hydrogen-bond donors (Lipinski definition) is 4. The predicted octanol–water partition coefficient (Wildman–Crippen LogP) is 1.18. The third kappa shape index (κ3) is 4.69. The summed E-state index contributed by atoms with van der Waals surface area (Å²) in [4.78, 5) is 48.5. The lowest BCUT2D eigenvalue weighted by Crippen LogP contribution is -2.71. The maximum atomic E-state index is 12.6. The number of carboxylic acid groups (broad SMARTS) is 2. The van der Waals surface area contributed by atoms with Gasteiger partial charge in [-0.15, -0.1) is 0 Å². The zero-order valence-corrected chi connectivity index (χ0v) is 16.4. The van der Waals surface area contributed by atoms with Gasteiger partial charge < -0.3 is 25.2 Å². The highest BCUT2D eigenvalue weighted by molar-refractivity contribution is 6.28. The van der Waals surface area contributed by atoms with E-state index in [1.54, 1.807) is 0 Å². The lowest BCUT2D eigenvalue weighted by atomic mass is 9.73. The summed E-state index contributed by atoms with van der Waals surface area (Å²) < 4.78 is 4.94. The highest BCUT2D eigenvalue weighted by Crippen LogP contribution is 2.31. The van der Waals surface area contributed by atoms with E-state index in [2.05, 4.69) is 0 Å². The molecule has 1 saturated heterocycles. The van der Waals surface area contributed by atoms with Gasteiger partial charge in [0, 0.05) is 24.3 Å². The SMILES string of the molecule is C1CCOC1.O=C(O)C(O)(C(=O)c1ccccc1)C(O)(C(=O)O)C(=O)c1ccccc1. The number of hydrogen-bond acceptors (Lipinski definition) is 7. The molecule has 9 heteroatoms. The number of rotatable bonds is 7. The zero-order valence-electron chi connectivity index (χ0n) is 16.4. The third-order valence-electron chi connectivity index (χ3n) is 4.70. The predicted molar refractivity (Wildman–Crippen MR) is 107 cm³/mol. The third-order valence-corrected chi connectivity index (χ3v) is 4.70. The van der Waals surface area contributed by atoms with Crippen LogP contribution in [-0.2, 0) is 14.3 Å². The molecule has 2 atom stereocenters. The molecule has 0 spiro atoms. The molecule has 1 fully saturated rings. The van der Waals surface area contributed by atoms with E-state index in [1.165, 1.54) is 49.2 Å². The van der Waals surface area contributed by atoms with E-state index in [1.807, 2.05) is 0 Å². The Hall–Kier alpha value is -3.40. The van der Waals surface area contributed by atoms with Crippen molar-refractivity contribution in [1.82, 2.24) is 0 Å². The molecule has 1 heterocycles. The molecule has 0 saturated carbocycles. The Morgan fingerprint density at radius 1 is 0.645 bits per heavy atom. The van der Waals surface area contributed by atoms with E-state index < -0.39 is 45.8 Å². The van der Waals surface area contributed by atoms with Gasteiger partial charge in [-0.25, -0.2) is 9.59 Å². The second kappa shape index (κ2) is 10.1. The molecule has 9 nitrogen and oxygen atoms in total. The Bertz CT molecular complexity index is 857. The lowest BCUT2D eigenvalue weighted by molar-refractivity contribution is -0.187. The van der Waals surface area contributed by atoms with Gasteiger partial charge in [-0.2, -0.15) is 0 Å². The molecule has 2 aromatic carbocycles. The van der Waals surface area contributed by atoms with Crippen molar-refractivity contribution in [3.8, 4) is 0 Å². The van der Waals surface area contributed by atoms with E-state index in [0.717, 1.165) is 37.5 Å². The fourth-order valence-electron chi connectivity index (χ4n) is 2.94. The molecule has 1 aliphatic rings. The first kappa shape index (κ1) is 23.9. The van der Waals surface area contributed by atoms with Crippen LogP contribution in [0.25, 0.3) is 0 Å². The average Bonchev–Trinajstić information content (AvgIpc) is 3.38. The normalized spacial score (nSPS) is 16.7. The molecular formula is C22H22O9. The number of carboxylic acids is 2. The summed E-state index contributed by atoms with van der Waals surface area (Å²) in [5.74, 6) is -8.03. The Morgan fingerprint density at radius 3 is 1.19 bits per heavy atom. The molecule has 2 aromatic rings. The van der Waals surface area contributed by atoms with Crippen molar-refractivity contribution in [2.24, 2.45) is 0 Å². The first-order valence-corrected chi connectivity index (χ1v) is 9.36. The fourth-order valence-corrected chi connectivity index (χ4v) is 2.94. The first-order chi connectivity index (χ1) is 14.7. The van der Waals surface area contributed by atoms with Crippen molar-refractivity contribution in [1.29, 1.82) is 0 Å². The second-order valence-corrected chi connectivity index (χ2v) is 6.74. The minimum Gasteiger partial charge on any atom is -0.479 e. The van der Waals surface area contributed by atoms with Crippen molar-refractivity contribution in [3.63, 3.8) is 0 Å². The number of aliphatic carboxylic acids is 2. The van der Waals surface area contributed by atoms with Crippen LogP contribution in [0.1, 0.15) is 33.6 Å². The number of ketones is 2. The maximum Gasteiger partial charge on any atom is 0.348 e. The molecule has 0 aromatic heterocycles. The van der Waals surface area contributed by atoms with Crippen LogP contribution in [0.5, 0.6) is 0 Å². The maximum absolute atomic E-state index is 12.6. The molecule has 0 bridgehead atoms. The highest BCUT2D eigenvalue weighted by Gasteiger charge is 2.69. The van der Waals surface area contributed by atoms with Gasteiger partial charge >= 0.3 is 11.9 Å². The number of aliphatic hydroxyl groups is 2. The Morgan fingerprint density at radius 2 is 0.968 bits per heavy atom. The van der Waals surface area contributed by atoms with Crippen molar-refractivity contribution in [3.05, 3.63) is 71.8 Å². The molecular weight excluding hydrogens is 408 g/mol. The van der Waals surface area contributed by atoms with Gasteiger partial charge in [0.25, 0.3) is 11.2 Å². The summed E-state index contributed by atoms with van der Waals surface area (Å²) in [5.41, 5.74) is -8.68. The molecule has 0 radical (unpaired) electrons. The van der Waals surface area contributed by atoms with Crippen LogP contribution < -0.4 is 0 Å². The van der Waals surface area contributed by atoms with Gasteiger partial charge in [-0.05, 0) is 12.8 Å². The lowest BCUT2D eigenvalue weighted by Gasteiger charge is -2.34. The van der Waals surface area contributed by atoms with Gasteiger partial charge in [-0.3, -0.25) is 9.59 Å². The number of benzene rings is 2. The van der Waals surface area contributed by atoms with Gasteiger partial charge in [0.1, 0.15) is 0 Å². The molecule has 4 N–H and O–H groups in total. The highest BCUT2D eigenvalue weighted by atomic mass is 16.5. The number of carbonyl (C=O) groups excluding carboxylic acids is 2. The van der Waals surface area contributed by atoms with E-state index in [9.17, 15) is 39.6 Å². The smallest absolute Gasteiger partial charge is 0.348 e. The summed E-state index contributed by atoms with van der Waals surface area (Å²) in [6, 6.07) is 12.8. The van der Waals surface area contributed by atoms with E-state index in [0.29, 0.717) is 0 Å². The first-order valence-electron chi connectivity index (χ1n) is 9.36. The summed E-state index contributed by atoms with van der Waals surface area (Å²) in [7, 11) is 0. The van der Waals surface area contributed by atoms with Crippen molar-refractivity contribution < 1.29 is 44.3 Å². The van der Waals surface area contributed by atoms with Crippen LogP contribution in [-0.4, -0.2) is 68.3 Å². The van der Waals surface area contributed by atoms with Crippen LogP contribution in [0, 0.1) is 0 Å². The van der Waals surface area contributed by atoms with Crippen LogP contribution >= 0.6 is 0 Å². The standard InChI is InChI=1S/C18H14O8.C4H8O/c19-13(11-7-3-1-4-8-11)17(25,15(21)22)18(26,16(23)24)14(20)12-9-5-2-6-10-12;1-2-4-5-3-1/h1-10,25-26H,(H,21,22)(H,23,24);1-4H2. The molecule has 31 heavy (non-hydrogen) atoms. The van der Waals surface area contributed by atoms with Crippen molar-refractivity contribution in [2.45, 2.75) is 24.0 Å². The van der Waals surface area contributed by atoms with E-state index in [-0.39, 0.29) is 0 Å². The summed E-state index contributed by atoms with van der Waals surface area (Å²) in [6.45, 7) is 2.00. The molecule has 1 aliphatic heterocycles. The van der Waals surface area contributed by atoms with Gasteiger partial charge in [0.05, 0.1) is 0 Å². The molecule has 0 amide bonds. The summed E-state index contributed by atoms with van der Waals surface area (Å²) in [5, 5.41) is 39.9. The topological polar surface area (TPSA) is 158 Å². The number of ether oxygens (including phenoxy) is 1. The van der Waals surface area contributed by atoms with Crippen molar-refractivity contribution in [2.75, 3.05) is 13.2 Å². The second-order valence-electron chi connectivity index (χ2n) is 6.74. The van der Waals surface area contributed by atoms with Crippen molar-refractivity contribution >= 4 is 23.5 Å². The zero-order chi connectivity index (χ0) is 23.1. The minimum absolute atomic E-state index is 0.391. The van der Waals surface area contributed by atoms with Gasteiger partial charge in [0.2, 0.25) is 11.6 Å². The van der Waals surface area contributed by atoms with E-state index in [4.69, 9.17) is 4.74 Å². The quantitative estimate of drug-likeness (QED) is 0.374.